The smallest absolute Gasteiger partial charge is 0.262 e. The van der Waals surface area contributed by atoms with E-state index in [1.165, 1.54) is 6.07 Å². The van der Waals surface area contributed by atoms with E-state index in [0.29, 0.717) is 16.8 Å². The summed E-state index contributed by atoms with van der Waals surface area (Å²) >= 11 is 0. The van der Waals surface area contributed by atoms with E-state index in [1.807, 2.05) is 19.9 Å². The van der Waals surface area contributed by atoms with Gasteiger partial charge in [-0.1, -0.05) is 18.2 Å². The van der Waals surface area contributed by atoms with Crippen molar-refractivity contribution >= 4 is 15.7 Å². The summed E-state index contributed by atoms with van der Waals surface area (Å²) in [6.07, 6.45) is 0. The van der Waals surface area contributed by atoms with Gasteiger partial charge in [0.15, 0.2) is 0 Å². The summed E-state index contributed by atoms with van der Waals surface area (Å²) in [6, 6.07) is 10.5. The number of hydrogen-bond acceptors (Lipinski definition) is 3. The first-order chi connectivity index (χ1) is 9.83. The fourth-order valence-corrected chi connectivity index (χ4v) is 3.58. The van der Waals surface area contributed by atoms with E-state index in [4.69, 9.17) is 0 Å². The Balaban J connectivity index is 2.44. The van der Waals surface area contributed by atoms with Crippen molar-refractivity contribution < 1.29 is 13.5 Å². The third-order valence-corrected chi connectivity index (χ3v) is 4.89. The van der Waals surface area contributed by atoms with Crippen LogP contribution in [0.1, 0.15) is 22.3 Å². The van der Waals surface area contributed by atoms with Crippen LogP contribution in [0.5, 0.6) is 0 Å². The fraction of sp³-hybridized carbons (Fsp3) is 0.250. The van der Waals surface area contributed by atoms with Gasteiger partial charge in [0.2, 0.25) is 0 Å². The van der Waals surface area contributed by atoms with Gasteiger partial charge in [0.05, 0.1) is 11.5 Å². The standard InChI is InChI=1S/C16H19NO3S/c1-11-5-4-6-15(7-11)17-21(19,20)16-9-14(10-18)12(2)8-13(16)3/h4-9,17-18H,10H2,1-3H3. The van der Waals surface area contributed by atoms with Gasteiger partial charge in [-0.3, -0.25) is 4.72 Å². The summed E-state index contributed by atoms with van der Waals surface area (Å²) in [4.78, 5) is 0.193. The molecule has 21 heavy (non-hydrogen) atoms. The minimum atomic E-state index is -3.67. The Kier molecular flexibility index (Phi) is 4.34. The molecule has 0 spiro atoms. The summed E-state index contributed by atoms with van der Waals surface area (Å²) in [5.74, 6) is 0. The van der Waals surface area contributed by atoms with E-state index < -0.39 is 10.0 Å². The molecule has 0 saturated heterocycles. The summed E-state index contributed by atoms with van der Waals surface area (Å²) in [5.41, 5.74) is 3.66. The van der Waals surface area contributed by atoms with Crippen LogP contribution in [-0.4, -0.2) is 13.5 Å². The van der Waals surface area contributed by atoms with Gasteiger partial charge in [-0.25, -0.2) is 8.42 Å². The SMILES string of the molecule is Cc1cccc(NS(=O)(=O)c2cc(CO)c(C)cc2C)c1. The maximum absolute atomic E-state index is 12.5. The largest absolute Gasteiger partial charge is 0.392 e. The number of aryl methyl sites for hydroxylation is 3. The Hall–Kier alpha value is -1.85. The molecular weight excluding hydrogens is 286 g/mol. The van der Waals surface area contributed by atoms with Crippen LogP contribution >= 0.6 is 0 Å². The molecule has 2 N–H and O–H groups in total. The first kappa shape index (κ1) is 15.5. The molecule has 0 aliphatic carbocycles. The second-order valence-electron chi connectivity index (χ2n) is 5.18. The molecule has 0 aliphatic heterocycles. The van der Waals surface area contributed by atoms with Gasteiger partial charge in [-0.15, -0.1) is 0 Å². The molecule has 0 aromatic heterocycles. The molecule has 0 heterocycles. The molecule has 5 heteroatoms. The molecule has 0 saturated carbocycles. The molecule has 2 rings (SSSR count). The summed E-state index contributed by atoms with van der Waals surface area (Å²) in [6.45, 7) is 5.32. The van der Waals surface area contributed by atoms with E-state index in [2.05, 4.69) is 4.72 Å². The number of anilines is 1. The highest BCUT2D eigenvalue weighted by atomic mass is 32.2. The lowest BCUT2D eigenvalue weighted by Crippen LogP contribution is -2.15. The molecule has 112 valence electrons. The molecule has 2 aromatic carbocycles. The van der Waals surface area contributed by atoms with Crippen LogP contribution in [0.3, 0.4) is 0 Å². The Morgan fingerprint density at radius 2 is 1.76 bits per heavy atom. The van der Waals surface area contributed by atoms with E-state index >= 15 is 0 Å². The Bertz CT molecular complexity index is 767. The van der Waals surface area contributed by atoms with Crippen molar-refractivity contribution in [1.29, 1.82) is 0 Å². The number of aliphatic hydroxyl groups excluding tert-OH is 1. The predicted octanol–water partition coefficient (Wildman–Crippen LogP) is 2.90. The zero-order valence-electron chi connectivity index (χ0n) is 12.3. The van der Waals surface area contributed by atoms with Gasteiger partial charge in [-0.2, -0.15) is 0 Å². The lowest BCUT2D eigenvalue weighted by molar-refractivity contribution is 0.280. The average molecular weight is 305 g/mol. The van der Waals surface area contributed by atoms with Crippen molar-refractivity contribution in [2.45, 2.75) is 32.3 Å². The monoisotopic (exact) mass is 305 g/mol. The summed E-state index contributed by atoms with van der Waals surface area (Å²) < 4.78 is 27.6. The number of benzene rings is 2. The molecular formula is C16H19NO3S. The average Bonchev–Trinajstić information content (AvgIpc) is 2.37. The maximum Gasteiger partial charge on any atom is 0.262 e. The van der Waals surface area contributed by atoms with E-state index in [-0.39, 0.29) is 11.5 Å². The third-order valence-electron chi connectivity index (χ3n) is 3.36. The van der Waals surface area contributed by atoms with Crippen LogP contribution < -0.4 is 4.72 Å². The van der Waals surface area contributed by atoms with Crippen molar-refractivity contribution in [1.82, 2.24) is 0 Å². The summed E-state index contributed by atoms with van der Waals surface area (Å²) in [7, 11) is -3.67. The molecule has 0 bridgehead atoms. The van der Waals surface area contributed by atoms with Gasteiger partial charge < -0.3 is 5.11 Å². The molecule has 0 atom stereocenters. The van der Waals surface area contributed by atoms with Gasteiger partial charge in [0, 0.05) is 5.69 Å². The summed E-state index contributed by atoms with van der Waals surface area (Å²) in [5, 5.41) is 9.31. The highest BCUT2D eigenvalue weighted by Crippen LogP contribution is 2.23. The highest BCUT2D eigenvalue weighted by Gasteiger charge is 2.18. The molecule has 0 unspecified atom stereocenters. The lowest BCUT2D eigenvalue weighted by atomic mass is 10.1. The molecule has 0 amide bonds. The van der Waals surface area contributed by atoms with Crippen LogP contribution in [0.25, 0.3) is 0 Å². The third kappa shape index (κ3) is 3.43. The molecule has 0 aliphatic rings. The van der Waals surface area contributed by atoms with Crippen molar-refractivity contribution in [2.24, 2.45) is 0 Å². The normalized spacial score (nSPS) is 11.4. The van der Waals surface area contributed by atoms with Crippen LogP contribution in [0.2, 0.25) is 0 Å². The Labute approximate surface area is 125 Å². The zero-order chi connectivity index (χ0) is 15.6. The van der Waals surface area contributed by atoms with Crippen LogP contribution in [0.15, 0.2) is 41.3 Å². The van der Waals surface area contributed by atoms with Gasteiger partial charge >= 0.3 is 0 Å². The first-order valence-corrected chi connectivity index (χ1v) is 8.12. The number of hydrogen-bond donors (Lipinski definition) is 2. The minimum absolute atomic E-state index is 0.181. The van der Waals surface area contributed by atoms with Crippen molar-refractivity contribution in [3.63, 3.8) is 0 Å². The van der Waals surface area contributed by atoms with E-state index in [1.54, 1.807) is 31.2 Å². The number of aliphatic hydroxyl groups is 1. The maximum atomic E-state index is 12.5. The lowest BCUT2D eigenvalue weighted by Gasteiger charge is -2.13. The van der Waals surface area contributed by atoms with E-state index in [0.717, 1.165) is 11.1 Å². The van der Waals surface area contributed by atoms with Gasteiger partial charge in [0.25, 0.3) is 10.0 Å². The second kappa shape index (κ2) is 5.87. The molecule has 0 fully saturated rings. The molecule has 0 radical (unpaired) electrons. The minimum Gasteiger partial charge on any atom is -0.392 e. The van der Waals surface area contributed by atoms with Crippen LogP contribution in [0, 0.1) is 20.8 Å². The second-order valence-corrected chi connectivity index (χ2v) is 6.83. The topological polar surface area (TPSA) is 66.4 Å². The quantitative estimate of drug-likeness (QED) is 0.912. The fourth-order valence-electron chi connectivity index (χ4n) is 2.25. The number of nitrogens with one attached hydrogen (secondary N) is 1. The first-order valence-electron chi connectivity index (χ1n) is 6.64. The van der Waals surface area contributed by atoms with Gasteiger partial charge in [0.1, 0.15) is 0 Å². The Morgan fingerprint density at radius 3 is 2.38 bits per heavy atom. The van der Waals surface area contributed by atoms with E-state index in [9.17, 15) is 13.5 Å². The van der Waals surface area contributed by atoms with Crippen molar-refractivity contribution in [3.8, 4) is 0 Å². The Morgan fingerprint density at radius 1 is 1.05 bits per heavy atom. The van der Waals surface area contributed by atoms with Gasteiger partial charge in [-0.05, 0) is 61.2 Å². The zero-order valence-corrected chi connectivity index (χ0v) is 13.2. The van der Waals surface area contributed by atoms with Crippen LogP contribution in [0.4, 0.5) is 5.69 Å². The highest BCUT2D eigenvalue weighted by molar-refractivity contribution is 7.92. The molecule has 4 nitrogen and oxygen atoms in total. The van der Waals surface area contributed by atoms with Crippen molar-refractivity contribution in [3.05, 3.63) is 58.7 Å². The number of sulfonamides is 1. The predicted molar refractivity (Wildman–Crippen MR) is 83.8 cm³/mol. The van der Waals surface area contributed by atoms with Crippen LogP contribution in [-0.2, 0) is 16.6 Å². The van der Waals surface area contributed by atoms with Crippen molar-refractivity contribution in [2.75, 3.05) is 4.72 Å². The molecule has 2 aromatic rings. The number of rotatable bonds is 4.